The monoisotopic (exact) mass is 779 g/mol. The van der Waals surface area contributed by atoms with E-state index in [4.69, 9.17) is 9.47 Å². The van der Waals surface area contributed by atoms with Crippen LogP contribution in [0.25, 0.3) is 0 Å². The summed E-state index contributed by atoms with van der Waals surface area (Å²) in [6, 6.07) is 17.8. The van der Waals surface area contributed by atoms with Gasteiger partial charge >= 0.3 is 12.1 Å². The van der Waals surface area contributed by atoms with Gasteiger partial charge in [0.2, 0.25) is 23.6 Å². The zero-order valence-electron chi connectivity index (χ0n) is 31.3. The number of benzene rings is 3. The highest BCUT2D eigenvalue weighted by Crippen LogP contribution is 2.14. The second-order valence-corrected chi connectivity index (χ2v) is 14.5. The number of alkyl carbamates (subject to hydrolysis) is 1. The molecular weight excluding hydrogens is 731 g/mol. The van der Waals surface area contributed by atoms with Gasteiger partial charge in [-0.2, -0.15) is 11.8 Å². The largest absolute Gasteiger partial charge is 0.508 e. The minimum absolute atomic E-state index is 0.00850. The highest BCUT2D eigenvalue weighted by atomic mass is 32.2. The van der Waals surface area contributed by atoms with Crippen molar-refractivity contribution < 1.29 is 48.5 Å². The molecule has 15 nitrogen and oxygen atoms in total. The molecule has 0 saturated heterocycles. The number of phenols is 2. The maximum absolute atomic E-state index is 13.6. The zero-order valence-corrected chi connectivity index (χ0v) is 32.1. The van der Waals surface area contributed by atoms with Gasteiger partial charge in [0.25, 0.3) is 0 Å². The molecule has 0 aliphatic carbocycles. The minimum atomic E-state index is -1.19. The van der Waals surface area contributed by atoms with Crippen molar-refractivity contribution in [1.29, 1.82) is 0 Å². The third kappa shape index (κ3) is 16.8. The van der Waals surface area contributed by atoms with Gasteiger partial charge in [-0.05, 0) is 80.2 Å². The summed E-state index contributed by atoms with van der Waals surface area (Å²) >= 11 is 1.48. The molecule has 16 heteroatoms. The van der Waals surface area contributed by atoms with Crippen LogP contribution >= 0.6 is 11.8 Å². The number of amides is 5. The van der Waals surface area contributed by atoms with Gasteiger partial charge in [-0.1, -0.05) is 54.6 Å². The first-order chi connectivity index (χ1) is 26.1. The molecule has 0 bridgehead atoms. The van der Waals surface area contributed by atoms with Crippen molar-refractivity contribution in [2.45, 2.75) is 70.4 Å². The molecule has 0 aliphatic rings. The Morgan fingerprint density at radius 1 is 0.655 bits per heavy atom. The zero-order chi connectivity index (χ0) is 40.4. The lowest BCUT2D eigenvalue weighted by atomic mass is 10.0. The number of carbonyl (C=O) groups excluding carboxylic acids is 6. The number of rotatable bonds is 19. The predicted molar refractivity (Wildman–Crippen MR) is 206 cm³/mol. The van der Waals surface area contributed by atoms with Crippen LogP contribution in [0, 0.1) is 0 Å². The fourth-order valence-corrected chi connectivity index (χ4v) is 5.44. The van der Waals surface area contributed by atoms with E-state index >= 15 is 0 Å². The third-order valence-corrected chi connectivity index (χ3v) is 8.36. The van der Waals surface area contributed by atoms with Crippen LogP contribution in [0.2, 0.25) is 0 Å². The van der Waals surface area contributed by atoms with E-state index in [1.54, 1.807) is 57.2 Å². The maximum atomic E-state index is 13.6. The van der Waals surface area contributed by atoms with Crippen LogP contribution in [-0.4, -0.2) is 94.7 Å². The summed E-state index contributed by atoms with van der Waals surface area (Å²) in [5.41, 5.74) is 1.15. The Balaban J connectivity index is 1.62. The van der Waals surface area contributed by atoms with Gasteiger partial charge < -0.3 is 46.3 Å². The van der Waals surface area contributed by atoms with Gasteiger partial charge in [-0.15, -0.1) is 0 Å². The molecule has 3 aromatic carbocycles. The average Bonchev–Trinajstić information content (AvgIpc) is 3.14. The number of carbonyl (C=O) groups is 6. The number of thioether (sulfide) groups is 1. The SMILES string of the molecule is CSCC[C@H](NC(=O)[C@H](Cc1ccc(O)cc1)NC(=O)CNC(=O)CNC(=O)[C@H](Cc1ccc(O)cc1)NC(=O)OC(C)(C)C)C(=O)OCc1ccccc1. The summed E-state index contributed by atoms with van der Waals surface area (Å²) in [6.07, 6.45) is 1.29. The van der Waals surface area contributed by atoms with E-state index in [-0.39, 0.29) is 37.4 Å². The van der Waals surface area contributed by atoms with Gasteiger partial charge in [0.05, 0.1) is 13.1 Å². The number of ether oxygens (including phenoxy) is 2. The predicted octanol–water partition coefficient (Wildman–Crippen LogP) is 2.47. The molecule has 3 aromatic rings. The first kappa shape index (κ1) is 43.6. The van der Waals surface area contributed by atoms with Crippen LogP contribution in [0.15, 0.2) is 78.9 Å². The van der Waals surface area contributed by atoms with Crippen molar-refractivity contribution in [3.8, 4) is 11.5 Å². The van der Waals surface area contributed by atoms with Crippen molar-refractivity contribution in [3.63, 3.8) is 0 Å². The fraction of sp³-hybridized carbons (Fsp3) is 0.385. The van der Waals surface area contributed by atoms with Crippen molar-refractivity contribution in [3.05, 3.63) is 95.6 Å². The van der Waals surface area contributed by atoms with Crippen LogP contribution in [-0.2, 0) is 52.9 Å². The standard InChI is InChI=1S/C39H49N5O10S/c1-39(2,3)54-38(52)44-31(20-25-10-14-28(45)15-11-25)35(49)41-22-33(47)40-23-34(48)42-32(21-26-12-16-29(46)17-13-26)36(50)43-30(18-19-55-4)37(51)53-24-27-8-6-5-7-9-27/h5-17,30-32,45-46H,18-24H2,1-4H3,(H,40,47)(H,41,49)(H,42,48)(H,43,50)(H,44,52)/t30-,31-,32-/m0/s1. The minimum Gasteiger partial charge on any atom is -0.508 e. The van der Waals surface area contributed by atoms with E-state index in [2.05, 4.69) is 26.6 Å². The van der Waals surface area contributed by atoms with Gasteiger partial charge in [0.15, 0.2) is 0 Å². The van der Waals surface area contributed by atoms with Gasteiger partial charge in [-0.3, -0.25) is 19.2 Å². The van der Waals surface area contributed by atoms with Gasteiger partial charge in [-0.25, -0.2) is 9.59 Å². The number of hydrogen-bond donors (Lipinski definition) is 7. The number of aromatic hydroxyl groups is 2. The molecule has 0 fully saturated rings. The molecule has 0 aromatic heterocycles. The lowest BCUT2D eigenvalue weighted by Crippen LogP contribution is -2.54. The van der Waals surface area contributed by atoms with Crippen LogP contribution in [0.1, 0.15) is 43.9 Å². The second-order valence-electron chi connectivity index (χ2n) is 13.5. The molecule has 3 atom stereocenters. The first-order valence-electron chi connectivity index (χ1n) is 17.5. The molecule has 0 radical (unpaired) electrons. The number of hydrogen-bond acceptors (Lipinski definition) is 11. The normalized spacial score (nSPS) is 12.6. The van der Waals surface area contributed by atoms with Crippen molar-refractivity contribution in [1.82, 2.24) is 26.6 Å². The Kier molecular flexibility index (Phi) is 17.3. The molecule has 0 unspecified atom stereocenters. The number of esters is 1. The van der Waals surface area contributed by atoms with Crippen LogP contribution in [0.4, 0.5) is 4.79 Å². The van der Waals surface area contributed by atoms with Crippen molar-refractivity contribution >= 4 is 47.5 Å². The van der Waals surface area contributed by atoms with Crippen LogP contribution < -0.4 is 26.6 Å². The maximum Gasteiger partial charge on any atom is 0.408 e. The Labute approximate surface area is 324 Å². The molecule has 296 valence electrons. The Bertz CT molecular complexity index is 1730. The smallest absolute Gasteiger partial charge is 0.408 e. The second kappa shape index (κ2) is 21.8. The van der Waals surface area contributed by atoms with Crippen LogP contribution in [0.3, 0.4) is 0 Å². The molecule has 0 heterocycles. The molecule has 0 aliphatic heterocycles. The highest BCUT2D eigenvalue weighted by Gasteiger charge is 2.29. The lowest BCUT2D eigenvalue weighted by Gasteiger charge is -2.23. The molecule has 55 heavy (non-hydrogen) atoms. The third-order valence-electron chi connectivity index (χ3n) is 7.72. The van der Waals surface area contributed by atoms with E-state index in [1.165, 1.54) is 36.0 Å². The Morgan fingerprint density at radius 3 is 1.75 bits per heavy atom. The summed E-state index contributed by atoms with van der Waals surface area (Å²) in [5.74, 6) is -2.91. The topological polar surface area (TPSA) is 221 Å². The van der Waals surface area contributed by atoms with E-state index in [0.717, 1.165) is 5.56 Å². The number of nitrogens with one attached hydrogen (secondary N) is 5. The molecule has 5 amide bonds. The quantitative estimate of drug-likeness (QED) is 0.0877. The molecule has 0 spiro atoms. The van der Waals surface area contributed by atoms with E-state index in [0.29, 0.717) is 16.9 Å². The van der Waals surface area contributed by atoms with Gasteiger partial charge in [0, 0.05) is 12.8 Å². The number of phenolic OH excluding ortho intramolecular Hbond substituents is 2. The van der Waals surface area contributed by atoms with Gasteiger partial charge in [0.1, 0.15) is 41.8 Å². The summed E-state index contributed by atoms with van der Waals surface area (Å²) < 4.78 is 10.8. The van der Waals surface area contributed by atoms with Crippen LogP contribution in [0.5, 0.6) is 11.5 Å². The molecular formula is C39H49N5O10S. The lowest BCUT2D eigenvalue weighted by molar-refractivity contribution is -0.149. The summed E-state index contributed by atoms with van der Waals surface area (Å²) in [7, 11) is 0. The van der Waals surface area contributed by atoms with Crippen molar-refractivity contribution in [2.24, 2.45) is 0 Å². The summed E-state index contributed by atoms with van der Waals surface area (Å²) in [6.45, 7) is 3.90. The Morgan fingerprint density at radius 2 is 1.20 bits per heavy atom. The van der Waals surface area contributed by atoms with E-state index in [1.807, 2.05) is 24.5 Å². The Hall–Kier alpha value is -5.77. The first-order valence-corrected chi connectivity index (χ1v) is 18.9. The van der Waals surface area contributed by atoms with E-state index < -0.39 is 72.5 Å². The molecule has 7 N–H and O–H groups in total. The molecule has 0 saturated carbocycles. The average molecular weight is 780 g/mol. The fourth-order valence-electron chi connectivity index (χ4n) is 4.97. The van der Waals surface area contributed by atoms with E-state index in [9.17, 15) is 39.0 Å². The highest BCUT2D eigenvalue weighted by molar-refractivity contribution is 7.98. The molecule has 3 rings (SSSR count). The summed E-state index contributed by atoms with van der Waals surface area (Å²) in [4.78, 5) is 78.0. The van der Waals surface area contributed by atoms with Crippen molar-refractivity contribution in [2.75, 3.05) is 25.1 Å². The summed E-state index contributed by atoms with van der Waals surface area (Å²) in [5, 5.41) is 32.0.